The molecule has 0 amide bonds. The van der Waals surface area contributed by atoms with Crippen LogP contribution >= 0.6 is 0 Å². The molecule has 0 unspecified atom stereocenters. The molecule has 0 aliphatic carbocycles. The Morgan fingerprint density at radius 1 is 1.39 bits per heavy atom. The van der Waals surface area contributed by atoms with Crippen molar-refractivity contribution in [1.82, 2.24) is 5.16 Å². The number of methoxy groups -OCH3 is 1. The fraction of sp³-hybridized carbons (Fsp3) is 0.308. The zero-order chi connectivity index (χ0) is 13.0. The second-order valence-corrected chi connectivity index (χ2v) is 3.96. The number of nitrogens with two attached hydrogens (primary N) is 1. The summed E-state index contributed by atoms with van der Waals surface area (Å²) in [4.78, 5) is 0. The molecule has 1 atom stereocenters. The highest BCUT2D eigenvalue weighted by Crippen LogP contribution is 2.29. The van der Waals surface area contributed by atoms with E-state index in [0.29, 0.717) is 18.1 Å². The summed E-state index contributed by atoms with van der Waals surface area (Å²) in [6.07, 6.45) is 1.58. The molecule has 0 saturated carbocycles. The Labute approximate surface area is 105 Å². The van der Waals surface area contributed by atoms with Crippen molar-refractivity contribution in [2.45, 2.75) is 19.6 Å². The molecule has 1 aromatic heterocycles. The lowest BCUT2D eigenvalue weighted by molar-refractivity contribution is 0.245. The molecular weight excluding hydrogens is 232 g/mol. The highest BCUT2D eigenvalue weighted by Gasteiger charge is 2.10. The van der Waals surface area contributed by atoms with Crippen LogP contribution in [0.4, 0.5) is 0 Å². The minimum atomic E-state index is -0.111. The van der Waals surface area contributed by atoms with Gasteiger partial charge in [0.1, 0.15) is 18.1 Å². The van der Waals surface area contributed by atoms with Gasteiger partial charge in [-0.3, -0.25) is 0 Å². The third kappa shape index (κ3) is 2.81. The van der Waals surface area contributed by atoms with E-state index in [1.165, 1.54) is 0 Å². The molecule has 0 fully saturated rings. The second-order valence-electron chi connectivity index (χ2n) is 3.96. The van der Waals surface area contributed by atoms with Gasteiger partial charge in [-0.15, -0.1) is 0 Å². The Hall–Kier alpha value is -2.01. The van der Waals surface area contributed by atoms with E-state index in [-0.39, 0.29) is 6.04 Å². The van der Waals surface area contributed by atoms with Gasteiger partial charge in [0.2, 0.25) is 0 Å². The molecular formula is C13H16N2O3. The first kappa shape index (κ1) is 12.4. The Morgan fingerprint density at radius 3 is 2.83 bits per heavy atom. The van der Waals surface area contributed by atoms with E-state index in [1.54, 1.807) is 19.4 Å². The predicted octanol–water partition coefficient (Wildman–Crippen LogP) is 2.28. The number of nitrogens with zero attached hydrogens (tertiary/aromatic N) is 1. The molecule has 5 heteroatoms. The van der Waals surface area contributed by atoms with Crippen LogP contribution in [-0.4, -0.2) is 12.3 Å². The average Bonchev–Trinajstić information content (AvgIpc) is 2.88. The summed E-state index contributed by atoms with van der Waals surface area (Å²) in [6.45, 7) is 2.22. The van der Waals surface area contributed by atoms with Gasteiger partial charge in [-0.05, 0) is 13.0 Å². The largest absolute Gasteiger partial charge is 0.497 e. The van der Waals surface area contributed by atoms with Crippen molar-refractivity contribution in [3.63, 3.8) is 0 Å². The summed E-state index contributed by atoms with van der Waals surface area (Å²) >= 11 is 0. The minimum absolute atomic E-state index is 0.111. The maximum atomic E-state index is 5.90. The predicted molar refractivity (Wildman–Crippen MR) is 66.4 cm³/mol. The Bertz CT molecular complexity index is 495. The summed E-state index contributed by atoms with van der Waals surface area (Å²) in [7, 11) is 1.61. The second kappa shape index (κ2) is 5.55. The van der Waals surface area contributed by atoms with Crippen molar-refractivity contribution in [3.05, 3.63) is 41.8 Å². The highest BCUT2D eigenvalue weighted by molar-refractivity contribution is 5.42. The molecule has 0 spiro atoms. The van der Waals surface area contributed by atoms with Gasteiger partial charge in [-0.1, -0.05) is 11.2 Å². The van der Waals surface area contributed by atoms with Crippen molar-refractivity contribution in [2.24, 2.45) is 5.73 Å². The van der Waals surface area contributed by atoms with Gasteiger partial charge in [0.05, 0.1) is 13.3 Å². The number of aromatic nitrogens is 1. The van der Waals surface area contributed by atoms with E-state index < -0.39 is 0 Å². The van der Waals surface area contributed by atoms with Crippen LogP contribution in [0.3, 0.4) is 0 Å². The quantitative estimate of drug-likeness (QED) is 0.879. The third-order valence-electron chi connectivity index (χ3n) is 2.57. The molecule has 2 rings (SSSR count). The Morgan fingerprint density at radius 2 is 2.22 bits per heavy atom. The van der Waals surface area contributed by atoms with Gasteiger partial charge in [0.25, 0.3) is 0 Å². The zero-order valence-corrected chi connectivity index (χ0v) is 10.4. The molecule has 18 heavy (non-hydrogen) atoms. The molecule has 1 aromatic carbocycles. The van der Waals surface area contributed by atoms with Crippen LogP contribution in [0, 0.1) is 0 Å². The monoisotopic (exact) mass is 248 g/mol. The SMILES string of the molecule is COc1ccc([C@@H](C)N)c(OCc2ccno2)c1. The van der Waals surface area contributed by atoms with Gasteiger partial charge in [0, 0.05) is 23.7 Å². The topological polar surface area (TPSA) is 70.5 Å². The molecule has 2 N–H and O–H groups in total. The van der Waals surface area contributed by atoms with Crippen LogP contribution in [0.15, 0.2) is 35.0 Å². The Balaban J connectivity index is 2.18. The fourth-order valence-corrected chi connectivity index (χ4v) is 1.61. The average molecular weight is 248 g/mol. The van der Waals surface area contributed by atoms with E-state index in [4.69, 9.17) is 19.7 Å². The number of hydrogen-bond acceptors (Lipinski definition) is 5. The summed E-state index contributed by atoms with van der Waals surface area (Å²) in [6, 6.07) is 7.22. The first-order chi connectivity index (χ1) is 8.70. The number of hydrogen-bond donors (Lipinski definition) is 1. The lowest BCUT2D eigenvalue weighted by Crippen LogP contribution is -2.08. The van der Waals surface area contributed by atoms with Crippen molar-refractivity contribution in [2.75, 3.05) is 7.11 Å². The van der Waals surface area contributed by atoms with Crippen molar-refractivity contribution < 1.29 is 14.0 Å². The van der Waals surface area contributed by atoms with E-state index in [2.05, 4.69) is 5.16 Å². The standard InChI is InChI=1S/C13H16N2O3/c1-9(14)12-4-3-10(16-2)7-13(12)17-8-11-5-6-15-18-11/h3-7,9H,8,14H2,1-2H3/t9-/m1/s1. The van der Waals surface area contributed by atoms with E-state index >= 15 is 0 Å². The van der Waals surface area contributed by atoms with E-state index in [1.807, 2.05) is 25.1 Å². The van der Waals surface area contributed by atoms with Crippen molar-refractivity contribution in [1.29, 1.82) is 0 Å². The molecule has 0 aliphatic heterocycles. The van der Waals surface area contributed by atoms with E-state index in [9.17, 15) is 0 Å². The lowest BCUT2D eigenvalue weighted by Gasteiger charge is -2.14. The lowest BCUT2D eigenvalue weighted by atomic mass is 10.1. The van der Waals surface area contributed by atoms with Gasteiger partial charge >= 0.3 is 0 Å². The zero-order valence-electron chi connectivity index (χ0n) is 10.4. The molecule has 5 nitrogen and oxygen atoms in total. The van der Waals surface area contributed by atoms with Gasteiger partial charge in [-0.25, -0.2) is 0 Å². The summed E-state index contributed by atoms with van der Waals surface area (Å²) in [5.41, 5.74) is 6.82. The van der Waals surface area contributed by atoms with Gasteiger partial charge in [0.15, 0.2) is 5.76 Å². The number of benzene rings is 1. The van der Waals surface area contributed by atoms with Crippen LogP contribution in [0.2, 0.25) is 0 Å². The van der Waals surface area contributed by atoms with Crippen LogP contribution < -0.4 is 15.2 Å². The maximum absolute atomic E-state index is 5.90. The number of ether oxygens (including phenoxy) is 2. The number of rotatable bonds is 5. The van der Waals surface area contributed by atoms with Crippen LogP contribution in [-0.2, 0) is 6.61 Å². The Kier molecular flexibility index (Phi) is 3.84. The third-order valence-corrected chi connectivity index (χ3v) is 2.57. The smallest absolute Gasteiger partial charge is 0.174 e. The molecule has 96 valence electrons. The van der Waals surface area contributed by atoms with Crippen molar-refractivity contribution >= 4 is 0 Å². The van der Waals surface area contributed by atoms with E-state index in [0.717, 1.165) is 11.3 Å². The normalized spacial score (nSPS) is 12.2. The maximum Gasteiger partial charge on any atom is 0.174 e. The first-order valence-electron chi connectivity index (χ1n) is 5.66. The fourth-order valence-electron chi connectivity index (χ4n) is 1.61. The summed E-state index contributed by atoms with van der Waals surface area (Å²) < 4.78 is 15.8. The molecule has 0 bridgehead atoms. The highest BCUT2D eigenvalue weighted by atomic mass is 16.5. The van der Waals surface area contributed by atoms with Gasteiger partial charge < -0.3 is 19.7 Å². The molecule has 0 saturated heterocycles. The van der Waals surface area contributed by atoms with Crippen LogP contribution in [0.1, 0.15) is 24.3 Å². The minimum Gasteiger partial charge on any atom is -0.497 e. The van der Waals surface area contributed by atoms with Gasteiger partial charge in [-0.2, -0.15) is 0 Å². The summed E-state index contributed by atoms with van der Waals surface area (Å²) in [5.74, 6) is 2.08. The van der Waals surface area contributed by atoms with Crippen molar-refractivity contribution in [3.8, 4) is 11.5 Å². The molecule has 1 heterocycles. The molecule has 0 aliphatic rings. The van der Waals surface area contributed by atoms with Crippen LogP contribution in [0.5, 0.6) is 11.5 Å². The molecule has 0 radical (unpaired) electrons. The van der Waals surface area contributed by atoms with Crippen LogP contribution in [0.25, 0.3) is 0 Å². The summed E-state index contributed by atoms with van der Waals surface area (Å²) in [5, 5.41) is 3.62. The first-order valence-corrected chi connectivity index (χ1v) is 5.66. The molecule has 2 aromatic rings.